The van der Waals surface area contributed by atoms with Crippen LogP contribution in [0.15, 0.2) is 35.6 Å². The second-order valence-electron chi connectivity index (χ2n) is 9.45. The van der Waals surface area contributed by atoms with Gasteiger partial charge in [-0.3, -0.25) is 4.98 Å². The molecule has 9 nitrogen and oxygen atoms in total. The third-order valence-electron chi connectivity index (χ3n) is 6.40. The van der Waals surface area contributed by atoms with Crippen molar-refractivity contribution in [3.8, 4) is 11.1 Å². The van der Waals surface area contributed by atoms with Crippen LogP contribution in [-0.4, -0.2) is 71.0 Å². The Morgan fingerprint density at radius 1 is 1.20 bits per heavy atom. The summed E-state index contributed by atoms with van der Waals surface area (Å²) < 4.78 is 42.3. The molecule has 1 fully saturated rings. The summed E-state index contributed by atoms with van der Waals surface area (Å²) in [6.45, 7) is 6.64. The molecule has 2 N–H and O–H groups in total. The van der Waals surface area contributed by atoms with Gasteiger partial charge in [0.25, 0.3) is 15.2 Å². The van der Waals surface area contributed by atoms with Crippen molar-refractivity contribution in [2.75, 3.05) is 32.5 Å². The van der Waals surface area contributed by atoms with Crippen LogP contribution in [0.25, 0.3) is 11.1 Å². The topological polar surface area (TPSA) is 107 Å². The van der Waals surface area contributed by atoms with Crippen molar-refractivity contribution in [1.82, 2.24) is 29.4 Å². The lowest BCUT2D eigenvalue weighted by Gasteiger charge is -2.33. The number of rotatable bonds is 7. The molecule has 1 saturated heterocycles. The quantitative estimate of drug-likeness (QED) is 0.506. The largest absolute Gasteiger partial charge is 0.324 e. The normalized spacial score (nSPS) is 15.8. The van der Waals surface area contributed by atoms with Crippen LogP contribution in [0.1, 0.15) is 43.9 Å². The molecule has 4 rings (SSSR count). The first-order valence-corrected chi connectivity index (χ1v) is 13.1. The van der Waals surface area contributed by atoms with Gasteiger partial charge in [0.05, 0.1) is 5.69 Å². The zero-order chi connectivity index (χ0) is 25.3. The Kier molecular flexibility index (Phi) is 7.20. The number of benzene rings is 1. The van der Waals surface area contributed by atoms with E-state index in [2.05, 4.69) is 30.4 Å². The molecule has 0 aliphatic carbocycles. The van der Waals surface area contributed by atoms with E-state index in [4.69, 9.17) is 0 Å². The highest BCUT2D eigenvalue weighted by Gasteiger charge is 2.33. The Hall–Kier alpha value is -2.89. The fourth-order valence-electron chi connectivity index (χ4n) is 4.41. The molecule has 1 aromatic carbocycles. The van der Waals surface area contributed by atoms with E-state index in [1.807, 2.05) is 47.0 Å². The number of piperidine rings is 1. The van der Waals surface area contributed by atoms with Gasteiger partial charge in [-0.25, -0.2) is 17.9 Å². The van der Waals surface area contributed by atoms with E-state index in [1.54, 1.807) is 6.20 Å². The zero-order valence-electron chi connectivity index (χ0n) is 20.7. The molecule has 1 aliphatic heterocycles. The lowest BCUT2D eigenvalue weighted by molar-refractivity contribution is 0.196. The van der Waals surface area contributed by atoms with Crippen molar-refractivity contribution in [2.24, 2.45) is 0 Å². The Morgan fingerprint density at radius 3 is 2.54 bits per heavy atom. The summed E-state index contributed by atoms with van der Waals surface area (Å²) in [6.07, 6.45) is 3.18. The number of hydrogen-bond acceptors (Lipinski definition) is 7. The van der Waals surface area contributed by atoms with Gasteiger partial charge in [0.2, 0.25) is 5.95 Å². The minimum Gasteiger partial charge on any atom is -0.324 e. The number of halogens is 1. The Balaban J connectivity index is 1.65. The van der Waals surface area contributed by atoms with Crippen molar-refractivity contribution in [3.05, 3.63) is 47.5 Å². The van der Waals surface area contributed by atoms with Gasteiger partial charge >= 0.3 is 0 Å². The predicted octanol–water partition coefficient (Wildman–Crippen LogP) is 3.90. The van der Waals surface area contributed by atoms with Gasteiger partial charge in [0, 0.05) is 36.6 Å². The Bertz CT molecular complexity index is 1300. The van der Waals surface area contributed by atoms with Crippen LogP contribution in [-0.2, 0) is 10.0 Å². The summed E-state index contributed by atoms with van der Waals surface area (Å²) in [5.74, 6) is -0.183. The van der Waals surface area contributed by atoms with Gasteiger partial charge in [-0.1, -0.05) is 13.8 Å². The van der Waals surface area contributed by atoms with Gasteiger partial charge in [0.1, 0.15) is 5.82 Å². The maximum Gasteiger partial charge on any atom is 0.284 e. The fourth-order valence-corrected chi connectivity index (χ4v) is 5.70. The van der Waals surface area contributed by atoms with Gasteiger partial charge < -0.3 is 10.2 Å². The number of nitrogens with zero attached hydrogens (tertiary/aromatic N) is 5. The SMILES string of the molecule is Cc1cc(-c2cc(F)cc(C(C)C)c2Nc2nc(S(=O)(=O)N3CCC(N(C)C)CC3)n[nH]2)ccn1. The van der Waals surface area contributed by atoms with Crippen LogP contribution in [0, 0.1) is 12.7 Å². The summed E-state index contributed by atoms with van der Waals surface area (Å²) in [4.78, 5) is 10.6. The first kappa shape index (κ1) is 25.2. The van der Waals surface area contributed by atoms with E-state index >= 15 is 0 Å². The lowest BCUT2D eigenvalue weighted by atomic mass is 9.94. The second kappa shape index (κ2) is 10.00. The molecule has 0 radical (unpaired) electrons. The molecule has 0 spiro atoms. The fraction of sp³-hybridized carbons (Fsp3) is 0.458. The number of aryl methyl sites for hydroxylation is 1. The van der Waals surface area contributed by atoms with Gasteiger partial charge in [-0.2, -0.15) is 9.29 Å². The molecule has 0 saturated carbocycles. The molecular formula is C24H32FN7O2S. The highest BCUT2D eigenvalue weighted by Crippen LogP contribution is 2.37. The molecule has 2 aromatic heterocycles. The molecule has 0 unspecified atom stereocenters. The molecule has 0 amide bonds. The minimum atomic E-state index is -3.83. The second-order valence-corrected chi connectivity index (χ2v) is 11.3. The predicted molar refractivity (Wildman–Crippen MR) is 134 cm³/mol. The Morgan fingerprint density at radius 2 is 1.91 bits per heavy atom. The molecule has 3 heterocycles. The van der Waals surface area contributed by atoms with Crippen molar-refractivity contribution >= 4 is 21.7 Å². The maximum absolute atomic E-state index is 14.6. The van der Waals surface area contributed by atoms with Crippen LogP contribution in [0.4, 0.5) is 16.0 Å². The maximum atomic E-state index is 14.6. The van der Waals surface area contributed by atoms with E-state index in [-0.39, 0.29) is 22.8 Å². The van der Waals surface area contributed by atoms with Gasteiger partial charge in [-0.05, 0) is 75.2 Å². The first-order valence-electron chi connectivity index (χ1n) is 11.7. The minimum absolute atomic E-state index is 0.000925. The van der Waals surface area contributed by atoms with Crippen molar-refractivity contribution in [1.29, 1.82) is 0 Å². The van der Waals surface area contributed by atoms with Crippen LogP contribution in [0.5, 0.6) is 0 Å². The smallest absolute Gasteiger partial charge is 0.284 e. The molecule has 1 aliphatic rings. The number of sulfonamides is 1. The molecule has 3 aromatic rings. The number of pyridine rings is 1. The average molecular weight is 502 g/mol. The summed E-state index contributed by atoms with van der Waals surface area (Å²) in [7, 11) is 0.178. The molecule has 0 atom stereocenters. The van der Waals surface area contributed by atoms with E-state index in [0.717, 1.165) is 29.7 Å². The van der Waals surface area contributed by atoms with E-state index in [9.17, 15) is 12.8 Å². The van der Waals surface area contributed by atoms with Crippen molar-refractivity contribution in [3.63, 3.8) is 0 Å². The van der Waals surface area contributed by atoms with Crippen LogP contribution in [0.2, 0.25) is 0 Å². The van der Waals surface area contributed by atoms with Gasteiger partial charge in [0.15, 0.2) is 0 Å². The van der Waals surface area contributed by atoms with Crippen LogP contribution < -0.4 is 5.32 Å². The zero-order valence-corrected chi connectivity index (χ0v) is 21.5. The van der Waals surface area contributed by atoms with E-state index in [1.165, 1.54) is 16.4 Å². The summed E-state index contributed by atoms with van der Waals surface area (Å²) >= 11 is 0. The van der Waals surface area contributed by atoms with E-state index < -0.39 is 10.0 Å². The molecule has 11 heteroatoms. The van der Waals surface area contributed by atoms with Crippen LogP contribution >= 0.6 is 0 Å². The number of aromatic amines is 1. The molecule has 35 heavy (non-hydrogen) atoms. The Labute approximate surface area is 205 Å². The summed E-state index contributed by atoms with van der Waals surface area (Å²) in [6, 6.07) is 6.97. The number of aromatic nitrogens is 4. The van der Waals surface area contributed by atoms with Crippen molar-refractivity contribution < 1.29 is 12.8 Å². The summed E-state index contributed by atoms with van der Waals surface area (Å²) in [5.41, 5.74) is 3.60. The average Bonchev–Trinajstić information content (AvgIpc) is 3.29. The van der Waals surface area contributed by atoms with E-state index in [0.29, 0.717) is 30.4 Å². The van der Waals surface area contributed by atoms with Crippen LogP contribution in [0.3, 0.4) is 0 Å². The number of hydrogen-bond donors (Lipinski definition) is 2. The molecule has 0 bridgehead atoms. The third-order valence-corrected chi connectivity index (χ3v) is 8.08. The first-order chi connectivity index (χ1) is 16.6. The highest BCUT2D eigenvalue weighted by molar-refractivity contribution is 7.88. The van der Waals surface area contributed by atoms with Gasteiger partial charge in [-0.15, -0.1) is 5.10 Å². The number of H-pyrrole nitrogens is 1. The molecular weight excluding hydrogens is 469 g/mol. The number of anilines is 2. The lowest BCUT2D eigenvalue weighted by Crippen LogP contribution is -2.44. The monoisotopic (exact) mass is 501 g/mol. The third kappa shape index (κ3) is 5.36. The standard InChI is InChI=1S/C24H32FN7O2S/c1-15(2)20-13-18(25)14-21(17-6-9-26-16(3)12-17)22(20)27-23-28-24(30-29-23)35(33,34)32-10-7-19(8-11-32)31(4)5/h6,9,12-15,19H,7-8,10-11H2,1-5H3,(H2,27,28,29,30). The van der Waals surface area contributed by atoms with Crippen molar-refractivity contribution in [2.45, 2.75) is 50.7 Å². The molecule has 188 valence electrons. The number of nitrogens with one attached hydrogen (secondary N) is 2. The highest BCUT2D eigenvalue weighted by atomic mass is 32.2. The summed E-state index contributed by atoms with van der Waals surface area (Å²) in [5, 5.41) is 9.60.